The van der Waals surface area contributed by atoms with Crippen LogP contribution in [0, 0.1) is 5.92 Å². The van der Waals surface area contributed by atoms with E-state index < -0.39 is 0 Å². The molecule has 0 bridgehead atoms. The Morgan fingerprint density at radius 3 is 3.06 bits per heavy atom. The van der Waals surface area contributed by atoms with Crippen LogP contribution in [0.2, 0.25) is 0 Å². The summed E-state index contributed by atoms with van der Waals surface area (Å²) in [5.41, 5.74) is 6.51. The molecule has 0 amide bonds. The highest BCUT2D eigenvalue weighted by Crippen LogP contribution is 2.26. The minimum Gasteiger partial charge on any atom is -0.393 e. The van der Waals surface area contributed by atoms with Gasteiger partial charge in [0.25, 0.3) is 0 Å². The van der Waals surface area contributed by atoms with Gasteiger partial charge in [0, 0.05) is 25.2 Å². The third-order valence-corrected chi connectivity index (χ3v) is 3.48. The second-order valence-corrected chi connectivity index (χ2v) is 4.91. The van der Waals surface area contributed by atoms with Crippen LogP contribution in [0.4, 0.5) is 5.82 Å². The van der Waals surface area contributed by atoms with Gasteiger partial charge in [-0.3, -0.25) is 0 Å². The van der Waals surface area contributed by atoms with Crippen LogP contribution in [-0.4, -0.2) is 34.3 Å². The molecule has 2 heterocycles. The van der Waals surface area contributed by atoms with Crippen LogP contribution in [0.5, 0.6) is 0 Å². The maximum Gasteiger partial charge on any atom is 0.138 e. The van der Waals surface area contributed by atoms with Gasteiger partial charge in [-0.05, 0) is 25.5 Å². The summed E-state index contributed by atoms with van der Waals surface area (Å²) in [6.45, 7) is 3.54. The van der Waals surface area contributed by atoms with E-state index in [-0.39, 0.29) is 6.10 Å². The van der Waals surface area contributed by atoms with Gasteiger partial charge in [-0.1, -0.05) is 12.2 Å². The van der Waals surface area contributed by atoms with E-state index in [4.69, 9.17) is 18.0 Å². The molecule has 0 spiro atoms. The van der Waals surface area contributed by atoms with Crippen molar-refractivity contribution in [1.29, 1.82) is 0 Å². The molecule has 2 rings (SSSR count). The van der Waals surface area contributed by atoms with Crippen LogP contribution in [0.1, 0.15) is 18.9 Å². The average Bonchev–Trinajstić information content (AvgIpc) is 2.78. The van der Waals surface area contributed by atoms with E-state index in [2.05, 4.69) is 9.88 Å². The first-order valence-corrected chi connectivity index (χ1v) is 6.18. The van der Waals surface area contributed by atoms with Gasteiger partial charge in [0.05, 0.1) is 11.7 Å². The lowest BCUT2D eigenvalue weighted by Gasteiger charge is -2.20. The van der Waals surface area contributed by atoms with Crippen LogP contribution in [0.25, 0.3) is 0 Å². The second kappa shape index (κ2) is 4.98. The lowest BCUT2D eigenvalue weighted by Crippen LogP contribution is -2.27. The second-order valence-electron chi connectivity index (χ2n) is 4.47. The molecule has 17 heavy (non-hydrogen) atoms. The molecule has 1 saturated heterocycles. The van der Waals surface area contributed by atoms with Gasteiger partial charge >= 0.3 is 0 Å². The third-order valence-electron chi connectivity index (χ3n) is 3.26. The van der Waals surface area contributed by atoms with E-state index in [1.807, 2.05) is 19.1 Å². The topological polar surface area (TPSA) is 62.4 Å². The van der Waals surface area contributed by atoms with Gasteiger partial charge in [0.2, 0.25) is 0 Å². The summed E-state index contributed by atoms with van der Waals surface area (Å²) >= 11 is 5.03. The first-order valence-electron chi connectivity index (χ1n) is 5.77. The van der Waals surface area contributed by atoms with E-state index in [1.165, 1.54) is 0 Å². The molecule has 0 saturated carbocycles. The fraction of sp³-hybridized carbons (Fsp3) is 0.500. The Kier molecular flexibility index (Phi) is 3.59. The zero-order valence-electron chi connectivity index (χ0n) is 9.84. The molecular formula is C12H17N3OS. The Hall–Kier alpha value is -1.20. The quantitative estimate of drug-likeness (QED) is 0.782. The highest BCUT2D eigenvalue weighted by Gasteiger charge is 2.28. The van der Waals surface area contributed by atoms with E-state index in [0.29, 0.717) is 10.9 Å². The van der Waals surface area contributed by atoms with Gasteiger partial charge in [0.15, 0.2) is 0 Å². The Labute approximate surface area is 106 Å². The van der Waals surface area contributed by atoms with Crippen molar-refractivity contribution >= 4 is 23.0 Å². The van der Waals surface area contributed by atoms with Gasteiger partial charge in [-0.2, -0.15) is 0 Å². The van der Waals surface area contributed by atoms with Crippen LogP contribution < -0.4 is 10.6 Å². The Balaban J connectivity index is 2.21. The summed E-state index contributed by atoms with van der Waals surface area (Å²) < 4.78 is 0. The van der Waals surface area contributed by atoms with Gasteiger partial charge < -0.3 is 15.7 Å². The number of nitrogens with zero attached hydrogens (tertiary/aromatic N) is 2. The monoisotopic (exact) mass is 251 g/mol. The van der Waals surface area contributed by atoms with Crippen LogP contribution in [0.3, 0.4) is 0 Å². The zero-order chi connectivity index (χ0) is 12.4. The minimum atomic E-state index is -0.281. The Bertz CT molecular complexity index is 422. The number of hydrogen-bond acceptors (Lipinski definition) is 4. The normalized spacial score (nSPS) is 21.5. The molecule has 3 N–H and O–H groups in total. The van der Waals surface area contributed by atoms with Gasteiger partial charge in [-0.15, -0.1) is 0 Å². The fourth-order valence-corrected chi connectivity index (χ4v) is 2.37. The highest BCUT2D eigenvalue weighted by molar-refractivity contribution is 7.80. The van der Waals surface area contributed by atoms with E-state index >= 15 is 0 Å². The van der Waals surface area contributed by atoms with Crippen molar-refractivity contribution < 1.29 is 5.11 Å². The fourth-order valence-electron chi connectivity index (χ4n) is 2.21. The van der Waals surface area contributed by atoms with Crippen molar-refractivity contribution in [2.45, 2.75) is 19.4 Å². The molecule has 0 aliphatic carbocycles. The standard InChI is InChI=1S/C12H17N3OS/c1-8(16)9-4-6-15(7-9)12-10(11(13)17)3-2-5-14-12/h2-3,5,8-9,16H,4,6-7H2,1H3,(H2,13,17). The van der Waals surface area contributed by atoms with Crippen molar-refractivity contribution in [1.82, 2.24) is 4.98 Å². The third kappa shape index (κ3) is 2.56. The lowest BCUT2D eigenvalue weighted by molar-refractivity contribution is 0.136. The smallest absolute Gasteiger partial charge is 0.138 e. The molecule has 0 aromatic carbocycles. The average molecular weight is 251 g/mol. The van der Waals surface area contributed by atoms with E-state index in [0.717, 1.165) is 30.9 Å². The summed E-state index contributed by atoms with van der Waals surface area (Å²) in [4.78, 5) is 6.87. The van der Waals surface area contributed by atoms with Crippen LogP contribution in [0.15, 0.2) is 18.3 Å². The number of hydrogen-bond donors (Lipinski definition) is 2. The molecule has 92 valence electrons. The molecular weight excluding hydrogens is 234 g/mol. The zero-order valence-corrected chi connectivity index (χ0v) is 10.7. The minimum absolute atomic E-state index is 0.281. The Morgan fingerprint density at radius 1 is 1.71 bits per heavy atom. The summed E-state index contributed by atoms with van der Waals surface area (Å²) in [5.74, 6) is 1.14. The molecule has 2 atom stereocenters. The first kappa shape index (κ1) is 12.3. The van der Waals surface area contributed by atoms with Crippen molar-refractivity contribution in [3.8, 4) is 0 Å². The maximum atomic E-state index is 9.60. The van der Waals surface area contributed by atoms with E-state index in [9.17, 15) is 5.11 Å². The molecule has 2 unspecified atom stereocenters. The summed E-state index contributed by atoms with van der Waals surface area (Å²) in [7, 11) is 0. The van der Waals surface area contributed by atoms with Crippen molar-refractivity contribution in [2.24, 2.45) is 11.7 Å². The number of aliphatic hydroxyl groups is 1. The van der Waals surface area contributed by atoms with Gasteiger partial charge in [-0.25, -0.2) is 4.98 Å². The van der Waals surface area contributed by atoms with Gasteiger partial charge in [0.1, 0.15) is 10.8 Å². The SMILES string of the molecule is CC(O)C1CCN(c2ncccc2C(N)=S)C1. The number of aromatic nitrogens is 1. The molecule has 1 aromatic rings. The summed E-state index contributed by atoms with van der Waals surface area (Å²) in [6, 6.07) is 3.72. The predicted octanol–water partition coefficient (Wildman–Crippen LogP) is 0.923. The summed E-state index contributed by atoms with van der Waals surface area (Å²) in [5, 5.41) is 9.60. The molecule has 0 radical (unpaired) electrons. The number of thiocarbonyl (C=S) groups is 1. The predicted molar refractivity (Wildman–Crippen MR) is 72.1 cm³/mol. The first-order chi connectivity index (χ1) is 8.09. The number of anilines is 1. The van der Waals surface area contributed by atoms with Crippen LogP contribution >= 0.6 is 12.2 Å². The largest absolute Gasteiger partial charge is 0.393 e. The van der Waals surface area contributed by atoms with Crippen LogP contribution in [-0.2, 0) is 0 Å². The van der Waals surface area contributed by atoms with Crippen molar-refractivity contribution in [3.63, 3.8) is 0 Å². The molecule has 1 aliphatic rings. The maximum absolute atomic E-state index is 9.60. The summed E-state index contributed by atoms with van der Waals surface area (Å²) in [6.07, 6.45) is 2.44. The highest BCUT2D eigenvalue weighted by atomic mass is 32.1. The number of aliphatic hydroxyl groups excluding tert-OH is 1. The molecule has 5 heteroatoms. The molecule has 1 aromatic heterocycles. The lowest BCUT2D eigenvalue weighted by atomic mass is 10.0. The number of pyridine rings is 1. The molecule has 1 fully saturated rings. The number of nitrogens with two attached hydrogens (primary N) is 1. The van der Waals surface area contributed by atoms with Crippen molar-refractivity contribution in [3.05, 3.63) is 23.9 Å². The Morgan fingerprint density at radius 2 is 2.47 bits per heavy atom. The molecule has 1 aliphatic heterocycles. The molecule has 4 nitrogen and oxygen atoms in total. The van der Waals surface area contributed by atoms with Crippen molar-refractivity contribution in [2.75, 3.05) is 18.0 Å². The number of rotatable bonds is 3. The van der Waals surface area contributed by atoms with E-state index in [1.54, 1.807) is 6.20 Å².